The zero-order valence-electron chi connectivity index (χ0n) is 11.2. The Bertz CT molecular complexity index is 461. The van der Waals surface area contributed by atoms with Gasteiger partial charge in [-0.25, -0.2) is 4.98 Å². The number of hydrogen-bond acceptors (Lipinski definition) is 1. The molecule has 0 fully saturated rings. The number of hydrogen-bond donors (Lipinski definition) is 1. The van der Waals surface area contributed by atoms with Gasteiger partial charge in [-0.2, -0.15) is 0 Å². The summed E-state index contributed by atoms with van der Waals surface area (Å²) in [6.45, 7) is 12.6. The fraction of sp³-hybridized carbons (Fsp3) is 0.500. The minimum atomic E-state index is 0.202. The second kappa shape index (κ2) is 4.69. The topological polar surface area (TPSA) is 28.7 Å². The first-order valence-electron chi connectivity index (χ1n) is 5.94. The Labute approximate surface area is 98.1 Å². The summed E-state index contributed by atoms with van der Waals surface area (Å²) >= 11 is 0. The molecule has 2 aromatic rings. The molecule has 0 unspecified atom stereocenters. The molecular formula is C14H22N2. The number of nitrogens with one attached hydrogen (secondary N) is 1. The Balaban J connectivity index is 0.000000606. The van der Waals surface area contributed by atoms with Crippen molar-refractivity contribution >= 4 is 11.0 Å². The van der Waals surface area contributed by atoms with Gasteiger partial charge < -0.3 is 4.98 Å². The molecule has 88 valence electrons. The van der Waals surface area contributed by atoms with E-state index in [1.807, 2.05) is 20.8 Å². The van der Waals surface area contributed by atoms with Gasteiger partial charge >= 0.3 is 0 Å². The van der Waals surface area contributed by atoms with Crippen molar-refractivity contribution in [3.8, 4) is 0 Å². The molecule has 0 bridgehead atoms. The molecule has 1 N–H and O–H groups in total. The van der Waals surface area contributed by atoms with Crippen molar-refractivity contribution in [2.75, 3.05) is 0 Å². The minimum Gasteiger partial charge on any atom is -0.342 e. The van der Waals surface area contributed by atoms with E-state index in [1.165, 1.54) is 5.56 Å². The molecule has 0 atom stereocenters. The number of aromatic amines is 1. The highest BCUT2D eigenvalue weighted by Gasteiger charge is 2.14. The normalized spacial score (nSPS) is 11.1. The fourth-order valence-corrected chi connectivity index (χ4v) is 1.60. The van der Waals surface area contributed by atoms with E-state index >= 15 is 0 Å². The smallest absolute Gasteiger partial charge is 0.104 e. The number of fused-ring (bicyclic) bond motifs is 1. The van der Waals surface area contributed by atoms with Crippen molar-refractivity contribution < 1.29 is 0 Å². The van der Waals surface area contributed by atoms with Gasteiger partial charge in [-0.3, -0.25) is 0 Å². The van der Waals surface area contributed by atoms with Crippen molar-refractivity contribution in [3.63, 3.8) is 0 Å². The quantitative estimate of drug-likeness (QED) is 0.705. The lowest BCUT2D eigenvalue weighted by molar-refractivity contribution is 0.591. The van der Waals surface area contributed by atoms with E-state index in [1.54, 1.807) is 0 Å². The van der Waals surface area contributed by atoms with Crippen LogP contribution in [0.5, 0.6) is 0 Å². The average molecular weight is 218 g/mol. The summed E-state index contributed by atoms with van der Waals surface area (Å²) in [5, 5.41) is 0. The Morgan fingerprint density at radius 1 is 1.12 bits per heavy atom. The van der Waals surface area contributed by atoms with Gasteiger partial charge in [-0.1, -0.05) is 40.7 Å². The van der Waals surface area contributed by atoms with Crippen LogP contribution in [0.3, 0.4) is 0 Å². The van der Waals surface area contributed by atoms with Gasteiger partial charge in [0.2, 0.25) is 0 Å². The number of H-pyrrole nitrogens is 1. The molecule has 0 spiro atoms. The van der Waals surface area contributed by atoms with E-state index in [0.717, 1.165) is 16.9 Å². The number of aryl methyl sites for hydroxylation is 1. The molecule has 2 heteroatoms. The molecule has 16 heavy (non-hydrogen) atoms. The highest BCUT2D eigenvalue weighted by atomic mass is 14.9. The molecule has 0 aliphatic heterocycles. The summed E-state index contributed by atoms with van der Waals surface area (Å²) in [4.78, 5) is 7.64. The number of aromatic nitrogens is 2. The molecule has 0 radical (unpaired) electrons. The van der Waals surface area contributed by atoms with E-state index in [0.29, 0.717) is 0 Å². The van der Waals surface area contributed by atoms with E-state index in [-0.39, 0.29) is 5.41 Å². The Morgan fingerprint density at radius 2 is 1.75 bits per heavy atom. The van der Waals surface area contributed by atoms with Gasteiger partial charge in [0.1, 0.15) is 5.82 Å². The summed E-state index contributed by atoms with van der Waals surface area (Å²) < 4.78 is 0. The fourth-order valence-electron chi connectivity index (χ4n) is 1.60. The van der Waals surface area contributed by atoms with Crippen LogP contribution in [0.4, 0.5) is 0 Å². The zero-order valence-corrected chi connectivity index (χ0v) is 11.2. The predicted octanol–water partition coefficient (Wildman–Crippen LogP) is 4.20. The van der Waals surface area contributed by atoms with Gasteiger partial charge in [0, 0.05) is 0 Å². The maximum absolute atomic E-state index is 4.38. The van der Waals surface area contributed by atoms with Crippen molar-refractivity contribution in [1.82, 2.24) is 9.97 Å². The highest BCUT2D eigenvalue weighted by Crippen LogP contribution is 2.24. The largest absolute Gasteiger partial charge is 0.342 e. The van der Waals surface area contributed by atoms with Gasteiger partial charge in [0.05, 0.1) is 11.0 Å². The van der Waals surface area contributed by atoms with Crippen molar-refractivity contribution in [2.24, 2.45) is 0 Å². The monoisotopic (exact) mass is 218 g/mol. The first kappa shape index (κ1) is 12.8. The first-order chi connectivity index (χ1) is 7.47. The van der Waals surface area contributed by atoms with Crippen LogP contribution < -0.4 is 0 Å². The lowest BCUT2D eigenvalue weighted by Crippen LogP contribution is -2.10. The predicted molar refractivity (Wildman–Crippen MR) is 70.9 cm³/mol. The third-order valence-electron chi connectivity index (χ3n) is 2.47. The van der Waals surface area contributed by atoms with E-state index < -0.39 is 0 Å². The van der Waals surface area contributed by atoms with Gasteiger partial charge in [0.25, 0.3) is 0 Å². The van der Waals surface area contributed by atoms with Gasteiger partial charge in [-0.15, -0.1) is 0 Å². The molecule has 0 saturated carbocycles. The number of nitrogens with zero attached hydrogens (tertiary/aromatic N) is 1. The third kappa shape index (κ3) is 2.63. The van der Waals surface area contributed by atoms with Crippen LogP contribution in [0.1, 0.15) is 46.0 Å². The van der Waals surface area contributed by atoms with Crippen LogP contribution >= 0.6 is 0 Å². The van der Waals surface area contributed by atoms with Crippen LogP contribution in [-0.2, 0) is 5.41 Å². The van der Waals surface area contributed by atoms with Gasteiger partial charge in [-0.05, 0) is 30.0 Å². The van der Waals surface area contributed by atoms with Crippen molar-refractivity contribution in [1.29, 1.82) is 0 Å². The van der Waals surface area contributed by atoms with E-state index in [4.69, 9.17) is 0 Å². The standard InChI is InChI=1S/C12H16N2.C2H6/c1-8-13-10-6-5-9(12(2,3)4)7-11(10)14-8;1-2/h5-7H,1-4H3,(H,13,14);1-2H3. The minimum absolute atomic E-state index is 0.202. The van der Waals surface area contributed by atoms with Gasteiger partial charge in [0.15, 0.2) is 0 Å². The number of imidazole rings is 1. The summed E-state index contributed by atoms with van der Waals surface area (Å²) in [6, 6.07) is 6.43. The lowest BCUT2D eigenvalue weighted by Gasteiger charge is -2.18. The van der Waals surface area contributed by atoms with Crippen LogP contribution in [0.2, 0.25) is 0 Å². The molecule has 2 nitrogen and oxygen atoms in total. The van der Waals surface area contributed by atoms with Crippen molar-refractivity contribution in [3.05, 3.63) is 29.6 Å². The second-order valence-corrected chi connectivity index (χ2v) is 4.80. The summed E-state index contributed by atoms with van der Waals surface area (Å²) in [5.41, 5.74) is 3.73. The van der Waals surface area contributed by atoms with Crippen LogP contribution in [0.15, 0.2) is 18.2 Å². The zero-order chi connectivity index (χ0) is 12.3. The maximum atomic E-state index is 4.38. The third-order valence-corrected chi connectivity index (χ3v) is 2.47. The highest BCUT2D eigenvalue weighted by molar-refractivity contribution is 5.76. The van der Waals surface area contributed by atoms with Crippen LogP contribution in [-0.4, -0.2) is 9.97 Å². The molecule has 0 aliphatic rings. The summed E-state index contributed by atoms with van der Waals surface area (Å²) in [5.74, 6) is 0.978. The molecule has 0 aliphatic carbocycles. The summed E-state index contributed by atoms with van der Waals surface area (Å²) in [7, 11) is 0. The molecule has 1 aromatic heterocycles. The Hall–Kier alpha value is -1.31. The summed E-state index contributed by atoms with van der Waals surface area (Å²) in [6.07, 6.45) is 0. The Morgan fingerprint density at radius 3 is 2.31 bits per heavy atom. The maximum Gasteiger partial charge on any atom is 0.104 e. The molecule has 0 saturated heterocycles. The average Bonchev–Trinajstić information content (AvgIpc) is 2.58. The molecular weight excluding hydrogens is 196 g/mol. The SMILES string of the molecule is CC.Cc1nc2ccc(C(C)(C)C)cc2[nH]1. The number of rotatable bonds is 0. The van der Waals surface area contributed by atoms with Crippen LogP contribution in [0, 0.1) is 6.92 Å². The molecule has 2 rings (SSSR count). The number of benzene rings is 1. The van der Waals surface area contributed by atoms with E-state index in [2.05, 4.69) is 48.9 Å². The molecule has 1 heterocycles. The van der Waals surface area contributed by atoms with Crippen LogP contribution in [0.25, 0.3) is 11.0 Å². The first-order valence-corrected chi connectivity index (χ1v) is 5.94. The molecule has 1 aromatic carbocycles. The molecule has 0 amide bonds. The van der Waals surface area contributed by atoms with Crippen molar-refractivity contribution in [2.45, 2.75) is 47.0 Å². The Kier molecular flexibility index (Phi) is 3.74. The second-order valence-electron chi connectivity index (χ2n) is 4.80. The lowest BCUT2D eigenvalue weighted by atomic mass is 9.87. The van der Waals surface area contributed by atoms with E-state index in [9.17, 15) is 0 Å².